The molecule has 80 valence electrons. The van der Waals surface area contributed by atoms with Crippen molar-refractivity contribution in [2.24, 2.45) is 0 Å². The molecular formula is C9H10BrN3O2. The van der Waals surface area contributed by atoms with Crippen LogP contribution in [0.3, 0.4) is 0 Å². The van der Waals surface area contributed by atoms with Crippen LogP contribution in [0.25, 0.3) is 11.0 Å². The van der Waals surface area contributed by atoms with E-state index in [1.54, 1.807) is 12.3 Å². The van der Waals surface area contributed by atoms with Gasteiger partial charge in [-0.2, -0.15) is 5.10 Å². The standard InChI is InChI=1S/C9H10BrN3O2/c1-4(14)8(15)7-6-2-5(10)3-11-9(6)13-12-7/h2-4,8,14-15H,1H3,(H,11,12,13). The minimum Gasteiger partial charge on any atom is -0.390 e. The number of aliphatic hydroxyl groups excluding tert-OH is 2. The Labute approximate surface area is 94.3 Å². The van der Waals surface area contributed by atoms with Gasteiger partial charge in [0.15, 0.2) is 5.65 Å². The van der Waals surface area contributed by atoms with E-state index in [9.17, 15) is 10.2 Å². The summed E-state index contributed by atoms with van der Waals surface area (Å²) in [4.78, 5) is 4.06. The lowest BCUT2D eigenvalue weighted by Crippen LogP contribution is -2.14. The minimum atomic E-state index is -0.980. The number of hydrogen-bond donors (Lipinski definition) is 3. The molecule has 2 aromatic heterocycles. The fourth-order valence-electron chi connectivity index (χ4n) is 1.36. The third-order valence-corrected chi connectivity index (χ3v) is 2.59. The van der Waals surface area contributed by atoms with Gasteiger partial charge in [0.05, 0.1) is 11.8 Å². The average Bonchev–Trinajstić information content (AvgIpc) is 2.59. The molecule has 2 aromatic rings. The van der Waals surface area contributed by atoms with Gasteiger partial charge in [-0.25, -0.2) is 4.98 Å². The highest BCUT2D eigenvalue weighted by Crippen LogP contribution is 2.24. The Morgan fingerprint density at radius 1 is 1.47 bits per heavy atom. The van der Waals surface area contributed by atoms with Gasteiger partial charge in [0.1, 0.15) is 6.10 Å². The monoisotopic (exact) mass is 271 g/mol. The largest absolute Gasteiger partial charge is 0.390 e. The van der Waals surface area contributed by atoms with E-state index in [2.05, 4.69) is 31.1 Å². The summed E-state index contributed by atoms with van der Waals surface area (Å²) in [6.45, 7) is 1.52. The van der Waals surface area contributed by atoms with Crippen molar-refractivity contribution >= 4 is 27.0 Å². The second kappa shape index (κ2) is 3.88. The molecule has 0 radical (unpaired) electrons. The molecular weight excluding hydrogens is 262 g/mol. The molecule has 0 saturated heterocycles. The van der Waals surface area contributed by atoms with Gasteiger partial charge in [-0.1, -0.05) is 0 Å². The van der Waals surface area contributed by atoms with Crippen LogP contribution in [0.1, 0.15) is 18.7 Å². The Morgan fingerprint density at radius 3 is 2.87 bits per heavy atom. The smallest absolute Gasteiger partial charge is 0.181 e. The summed E-state index contributed by atoms with van der Waals surface area (Å²) < 4.78 is 0.801. The molecule has 0 spiro atoms. The molecule has 2 unspecified atom stereocenters. The maximum absolute atomic E-state index is 9.71. The van der Waals surface area contributed by atoms with Crippen LogP contribution < -0.4 is 0 Å². The van der Waals surface area contributed by atoms with Gasteiger partial charge in [0.2, 0.25) is 0 Å². The molecule has 2 atom stereocenters. The number of H-pyrrole nitrogens is 1. The van der Waals surface area contributed by atoms with Crippen LogP contribution in [0.15, 0.2) is 16.7 Å². The third kappa shape index (κ3) is 1.88. The van der Waals surface area contributed by atoms with Crippen molar-refractivity contribution in [2.75, 3.05) is 0 Å². The van der Waals surface area contributed by atoms with Gasteiger partial charge in [-0.15, -0.1) is 0 Å². The van der Waals surface area contributed by atoms with Crippen LogP contribution in [0, 0.1) is 0 Å². The predicted octanol–water partition coefficient (Wildman–Crippen LogP) is 1.13. The van der Waals surface area contributed by atoms with Crippen LogP contribution in [-0.4, -0.2) is 31.5 Å². The number of aromatic nitrogens is 3. The van der Waals surface area contributed by atoms with Crippen LogP contribution in [0.4, 0.5) is 0 Å². The highest BCUT2D eigenvalue weighted by atomic mass is 79.9. The molecule has 0 amide bonds. The summed E-state index contributed by atoms with van der Waals surface area (Å²) in [6, 6.07) is 1.80. The van der Waals surface area contributed by atoms with Crippen LogP contribution in [-0.2, 0) is 0 Å². The van der Waals surface area contributed by atoms with Crippen molar-refractivity contribution in [3.63, 3.8) is 0 Å². The van der Waals surface area contributed by atoms with Crippen molar-refractivity contribution in [2.45, 2.75) is 19.1 Å². The van der Waals surface area contributed by atoms with Crippen molar-refractivity contribution in [3.8, 4) is 0 Å². The lowest BCUT2D eigenvalue weighted by molar-refractivity contribution is 0.0287. The number of nitrogens with zero attached hydrogens (tertiary/aromatic N) is 2. The molecule has 3 N–H and O–H groups in total. The van der Waals surface area contributed by atoms with E-state index in [4.69, 9.17) is 0 Å². The first-order valence-corrected chi connectivity index (χ1v) is 5.24. The van der Waals surface area contributed by atoms with Gasteiger partial charge in [0.25, 0.3) is 0 Å². The zero-order valence-electron chi connectivity index (χ0n) is 7.98. The zero-order valence-corrected chi connectivity index (χ0v) is 9.56. The van der Waals surface area contributed by atoms with E-state index in [-0.39, 0.29) is 0 Å². The van der Waals surface area contributed by atoms with Crippen molar-refractivity contribution in [1.29, 1.82) is 0 Å². The molecule has 5 nitrogen and oxygen atoms in total. The summed E-state index contributed by atoms with van der Waals surface area (Å²) in [5.74, 6) is 0. The highest BCUT2D eigenvalue weighted by Gasteiger charge is 2.19. The average molecular weight is 272 g/mol. The fourth-order valence-corrected chi connectivity index (χ4v) is 1.69. The first kappa shape index (κ1) is 10.5. The molecule has 0 bridgehead atoms. The van der Waals surface area contributed by atoms with Crippen molar-refractivity contribution < 1.29 is 10.2 Å². The number of hydrogen-bond acceptors (Lipinski definition) is 4. The molecule has 6 heteroatoms. The normalized spacial score (nSPS) is 15.5. The molecule has 2 rings (SSSR count). The Hall–Kier alpha value is -0.980. The van der Waals surface area contributed by atoms with Gasteiger partial charge < -0.3 is 10.2 Å². The summed E-state index contributed by atoms with van der Waals surface area (Å²) in [5, 5.41) is 26.3. The highest BCUT2D eigenvalue weighted by molar-refractivity contribution is 9.10. The summed E-state index contributed by atoms with van der Waals surface area (Å²) in [5.41, 5.74) is 1.00. The lowest BCUT2D eigenvalue weighted by atomic mass is 10.1. The minimum absolute atomic E-state index is 0.480. The topological polar surface area (TPSA) is 82.0 Å². The summed E-state index contributed by atoms with van der Waals surface area (Å²) >= 11 is 3.29. The molecule has 15 heavy (non-hydrogen) atoms. The first-order valence-electron chi connectivity index (χ1n) is 4.45. The number of rotatable bonds is 2. The second-order valence-electron chi connectivity index (χ2n) is 3.35. The molecule has 0 aliphatic heterocycles. The molecule has 2 heterocycles. The lowest BCUT2D eigenvalue weighted by Gasteiger charge is -2.11. The summed E-state index contributed by atoms with van der Waals surface area (Å²) in [6.07, 6.45) is -0.208. The second-order valence-corrected chi connectivity index (χ2v) is 4.26. The number of aromatic amines is 1. The maximum Gasteiger partial charge on any atom is 0.181 e. The van der Waals surface area contributed by atoms with E-state index in [0.29, 0.717) is 16.7 Å². The number of aliphatic hydroxyl groups is 2. The predicted molar refractivity (Wildman–Crippen MR) is 58.2 cm³/mol. The Bertz CT molecular complexity index is 483. The van der Waals surface area contributed by atoms with Gasteiger partial charge in [-0.3, -0.25) is 5.10 Å². The third-order valence-electron chi connectivity index (χ3n) is 2.16. The van der Waals surface area contributed by atoms with E-state index in [0.717, 1.165) is 4.47 Å². The van der Waals surface area contributed by atoms with Gasteiger partial charge >= 0.3 is 0 Å². The molecule has 0 saturated carbocycles. The van der Waals surface area contributed by atoms with Crippen LogP contribution in [0.5, 0.6) is 0 Å². The van der Waals surface area contributed by atoms with Crippen LogP contribution >= 0.6 is 15.9 Å². The Balaban J connectivity index is 2.56. The fraction of sp³-hybridized carbons (Fsp3) is 0.333. The van der Waals surface area contributed by atoms with E-state index < -0.39 is 12.2 Å². The zero-order chi connectivity index (χ0) is 11.0. The number of fused-ring (bicyclic) bond motifs is 1. The van der Waals surface area contributed by atoms with Gasteiger partial charge in [0, 0.05) is 16.1 Å². The summed E-state index contributed by atoms with van der Waals surface area (Å²) in [7, 11) is 0. The molecule has 0 fully saturated rings. The number of halogens is 1. The van der Waals surface area contributed by atoms with E-state index in [1.165, 1.54) is 6.92 Å². The Morgan fingerprint density at radius 2 is 2.20 bits per heavy atom. The number of pyridine rings is 1. The molecule has 0 aromatic carbocycles. The van der Waals surface area contributed by atoms with E-state index in [1.807, 2.05) is 0 Å². The SMILES string of the molecule is CC(O)C(O)c1[nH]nc2ncc(Br)cc12. The first-order chi connectivity index (χ1) is 7.09. The molecule has 0 aliphatic rings. The van der Waals surface area contributed by atoms with Crippen molar-refractivity contribution in [3.05, 3.63) is 22.4 Å². The van der Waals surface area contributed by atoms with Crippen molar-refractivity contribution in [1.82, 2.24) is 15.2 Å². The molecule has 0 aliphatic carbocycles. The van der Waals surface area contributed by atoms with E-state index >= 15 is 0 Å². The maximum atomic E-state index is 9.71. The quantitative estimate of drug-likeness (QED) is 0.765. The number of nitrogens with one attached hydrogen (secondary N) is 1. The Kier molecular flexibility index (Phi) is 2.72. The van der Waals surface area contributed by atoms with Crippen LogP contribution in [0.2, 0.25) is 0 Å². The van der Waals surface area contributed by atoms with Gasteiger partial charge in [-0.05, 0) is 28.9 Å².